The molecule has 0 aliphatic heterocycles. The van der Waals surface area contributed by atoms with Crippen molar-refractivity contribution in [1.82, 2.24) is 0 Å². The van der Waals surface area contributed by atoms with E-state index in [4.69, 9.17) is 0 Å². The van der Waals surface area contributed by atoms with E-state index in [9.17, 15) is 13.2 Å². The van der Waals surface area contributed by atoms with Crippen LogP contribution in [0.2, 0.25) is 0 Å². The van der Waals surface area contributed by atoms with E-state index in [0.29, 0.717) is 12.3 Å². The summed E-state index contributed by atoms with van der Waals surface area (Å²) in [7, 11) is 0. The van der Waals surface area contributed by atoms with Crippen molar-refractivity contribution in [3.05, 3.63) is 107 Å². The van der Waals surface area contributed by atoms with Crippen LogP contribution in [0.1, 0.15) is 49.4 Å². The second kappa shape index (κ2) is 10.4. The van der Waals surface area contributed by atoms with E-state index in [1.165, 1.54) is 34.0 Å². The number of benzene rings is 3. The van der Waals surface area contributed by atoms with Gasteiger partial charge in [-0.2, -0.15) is 13.2 Å². The SMILES string of the molecule is CC1CC=CC=C1C=[N+](CCCc1cccc(C(F)(F)F)c1)[C@H](C)c1cccc2ccccc12. The van der Waals surface area contributed by atoms with Crippen LogP contribution in [0.3, 0.4) is 0 Å². The molecule has 0 N–H and O–H groups in total. The Morgan fingerprint density at radius 2 is 1.79 bits per heavy atom. The second-order valence-electron chi connectivity index (χ2n) is 9.14. The average molecular weight is 463 g/mol. The second-order valence-corrected chi connectivity index (χ2v) is 9.14. The zero-order chi connectivity index (χ0) is 24.1. The lowest BCUT2D eigenvalue weighted by Crippen LogP contribution is -2.22. The summed E-state index contributed by atoms with van der Waals surface area (Å²) < 4.78 is 41.7. The highest BCUT2D eigenvalue weighted by molar-refractivity contribution is 5.86. The summed E-state index contributed by atoms with van der Waals surface area (Å²) in [5.74, 6) is 0.440. The van der Waals surface area contributed by atoms with Crippen molar-refractivity contribution in [2.75, 3.05) is 6.54 Å². The van der Waals surface area contributed by atoms with Crippen LogP contribution < -0.4 is 0 Å². The predicted octanol–water partition coefficient (Wildman–Crippen LogP) is 8.16. The molecule has 0 spiro atoms. The molecule has 1 aliphatic rings. The third-order valence-electron chi connectivity index (χ3n) is 6.71. The average Bonchev–Trinajstić information content (AvgIpc) is 2.83. The van der Waals surface area contributed by atoms with Gasteiger partial charge < -0.3 is 0 Å². The summed E-state index contributed by atoms with van der Waals surface area (Å²) >= 11 is 0. The molecule has 0 bridgehead atoms. The maximum absolute atomic E-state index is 13.1. The Balaban J connectivity index is 1.60. The number of allylic oxidation sites excluding steroid dienone is 4. The quantitative estimate of drug-likeness (QED) is 0.246. The Hall–Kier alpha value is -3.14. The van der Waals surface area contributed by atoms with Gasteiger partial charge in [-0.1, -0.05) is 85.8 Å². The molecule has 34 heavy (non-hydrogen) atoms. The van der Waals surface area contributed by atoms with Gasteiger partial charge in [0.25, 0.3) is 0 Å². The molecule has 0 amide bonds. The zero-order valence-corrected chi connectivity index (χ0v) is 19.7. The fourth-order valence-corrected chi connectivity index (χ4v) is 4.66. The van der Waals surface area contributed by atoms with E-state index in [2.05, 4.69) is 85.3 Å². The highest BCUT2D eigenvalue weighted by atomic mass is 19.4. The first-order chi connectivity index (χ1) is 16.3. The number of fused-ring (bicyclic) bond motifs is 1. The van der Waals surface area contributed by atoms with Gasteiger partial charge in [0.15, 0.2) is 12.3 Å². The maximum atomic E-state index is 13.1. The molecule has 1 nitrogen and oxygen atoms in total. The first kappa shape index (κ1) is 24.0. The number of hydrogen-bond donors (Lipinski definition) is 0. The fraction of sp³-hybridized carbons (Fsp3) is 0.300. The van der Waals surface area contributed by atoms with Crippen LogP contribution in [-0.4, -0.2) is 17.3 Å². The van der Waals surface area contributed by atoms with Crippen LogP contribution in [-0.2, 0) is 12.6 Å². The molecule has 4 heteroatoms. The molecule has 3 aromatic carbocycles. The molecule has 0 saturated carbocycles. The smallest absolute Gasteiger partial charge is 0.229 e. The largest absolute Gasteiger partial charge is 0.416 e. The zero-order valence-electron chi connectivity index (χ0n) is 19.7. The monoisotopic (exact) mass is 462 g/mol. The number of nitrogens with zero attached hydrogens (tertiary/aromatic N) is 1. The Kier molecular flexibility index (Phi) is 7.35. The summed E-state index contributed by atoms with van der Waals surface area (Å²) in [5.41, 5.74) is 2.69. The van der Waals surface area contributed by atoms with Crippen molar-refractivity contribution in [3.8, 4) is 0 Å². The third kappa shape index (κ3) is 5.67. The van der Waals surface area contributed by atoms with E-state index < -0.39 is 11.7 Å². The van der Waals surface area contributed by atoms with Crippen molar-refractivity contribution in [2.45, 2.75) is 45.3 Å². The van der Waals surface area contributed by atoms with E-state index in [0.717, 1.165) is 31.0 Å². The molecule has 176 valence electrons. The van der Waals surface area contributed by atoms with E-state index in [1.807, 2.05) is 0 Å². The van der Waals surface area contributed by atoms with Crippen LogP contribution >= 0.6 is 0 Å². The molecule has 1 aliphatic carbocycles. The molecule has 0 fully saturated rings. The van der Waals surface area contributed by atoms with Gasteiger partial charge in [0.1, 0.15) is 6.54 Å². The van der Waals surface area contributed by atoms with Gasteiger partial charge in [-0.05, 0) is 41.2 Å². The molecule has 0 heterocycles. The van der Waals surface area contributed by atoms with Crippen molar-refractivity contribution in [2.24, 2.45) is 5.92 Å². The Bertz CT molecular complexity index is 1230. The standard InChI is InChI=1S/C30H31F3N/c1-22-10-3-4-14-26(22)21-34(19-9-12-24-11-7-16-27(20-24)30(31,32)33)23(2)28-18-8-15-25-13-5-6-17-29(25)28/h3-8,11,13-18,20-23H,9-10,12,19H2,1-2H3/q+1/t22?,23-/m1/s1. The van der Waals surface area contributed by atoms with Crippen LogP contribution in [0.15, 0.2) is 90.5 Å². The number of halogens is 3. The van der Waals surface area contributed by atoms with Crippen molar-refractivity contribution in [3.63, 3.8) is 0 Å². The van der Waals surface area contributed by atoms with E-state index in [1.54, 1.807) is 6.07 Å². The Morgan fingerprint density at radius 1 is 1.03 bits per heavy atom. The Labute approximate surface area is 199 Å². The van der Waals surface area contributed by atoms with Gasteiger partial charge in [-0.15, -0.1) is 0 Å². The van der Waals surface area contributed by atoms with Crippen LogP contribution in [0.25, 0.3) is 10.8 Å². The lowest BCUT2D eigenvalue weighted by molar-refractivity contribution is -0.564. The number of rotatable bonds is 7. The summed E-state index contributed by atoms with van der Waals surface area (Å²) in [6.45, 7) is 5.20. The van der Waals surface area contributed by atoms with Gasteiger partial charge in [-0.25, -0.2) is 4.58 Å². The first-order valence-electron chi connectivity index (χ1n) is 11.9. The van der Waals surface area contributed by atoms with Gasteiger partial charge in [0.2, 0.25) is 0 Å². The number of alkyl halides is 3. The lowest BCUT2D eigenvalue weighted by atomic mass is 9.93. The van der Waals surface area contributed by atoms with Crippen molar-refractivity contribution < 1.29 is 17.7 Å². The number of aryl methyl sites for hydroxylation is 1. The minimum absolute atomic E-state index is 0.131. The molecule has 4 rings (SSSR count). The molecule has 0 radical (unpaired) electrons. The first-order valence-corrected chi connectivity index (χ1v) is 11.9. The molecule has 0 saturated heterocycles. The highest BCUT2D eigenvalue weighted by Gasteiger charge is 2.30. The Morgan fingerprint density at radius 3 is 2.59 bits per heavy atom. The number of hydrogen-bond acceptors (Lipinski definition) is 0. The minimum Gasteiger partial charge on any atom is -0.229 e. The maximum Gasteiger partial charge on any atom is 0.416 e. The normalized spacial score (nSPS) is 17.6. The molecule has 1 unspecified atom stereocenters. The molecule has 2 atom stereocenters. The van der Waals surface area contributed by atoms with Crippen molar-refractivity contribution in [1.29, 1.82) is 0 Å². The molecular formula is C30H31F3N+. The third-order valence-corrected chi connectivity index (χ3v) is 6.71. The van der Waals surface area contributed by atoms with Crippen LogP contribution in [0.5, 0.6) is 0 Å². The van der Waals surface area contributed by atoms with E-state index >= 15 is 0 Å². The highest BCUT2D eigenvalue weighted by Crippen LogP contribution is 2.30. The molecular weight excluding hydrogens is 431 g/mol. The van der Waals surface area contributed by atoms with Gasteiger partial charge >= 0.3 is 6.18 Å². The molecule has 3 aromatic rings. The van der Waals surface area contributed by atoms with E-state index in [-0.39, 0.29) is 6.04 Å². The summed E-state index contributed by atoms with van der Waals surface area (Å²) in [5, 5.41) is 2.45. The summed E-state index contributed by atoms with van der Waals surface area (Å²) in [6, 6.07) is 20.6. The lowest BCUT2D eigenvalue weighted by Gasteiger charge is -2.18. The fourth-order valence-electron chi connectivity index (χ4n) is 4.66. The topological polar surface area (TPSA) is 3.01 Å². The van der Waals surface area contributed by atoms with Crippen LogP contribution in [0.4, 0.5) is 13.2 Å². The van der Waals surface area contributed by atoms with Crippen LogP contribution in [0, 0.1) is 5.92 Å². The molecule has 0 aromatic heterocycles. The van der Waals surface area contributed by atoms with Gasteiger partial charge in [0, 0.05) is 24.5 Å². The summed E-state index contributed by atoms with van der Waals surface area (Å²) in [4.78, 5) is 0. The van der Waals surface area contributed by atoms with Gasteiger partial charge in [-0.3, -0.25) is 0 Å². The predicted molar refractivity (Wildman–Crippen MR) is 134 cm³/mol. The van der Waals surface area contributed by atoms with Crippen molar-refractivity contribution >= 4 is 17.0 Å². The summed E-state index contributed by atoms with van der Waals surface area (Å²) in [6.07, 6.45) is 6.80. The minimum atomic E-state index is -4.31. The van der Waals surface area contributed by atoms with Gasteiger partial charge in [0.05, 0.1) is 5.56 Å².